The van der Waals surface area contributed by atoms with Gasteiger partial charge in [0.1, 0.15) is 17.8 Å². The summed E-state index contributed by atoms with van der Waals surface area (Å²) in [5.74, 6) is 0.524. The number of rotatable bonds is 6. The molecule has 3 N–H and O–H groups in total. The van der Waals surface area contributed by atoms with Gasteiger partial charge in [-0.2, -0.15) is 0 Å². The normalized spacial score (nSPS) is 11.1. The summed E-state index contributed by atoms with van der Waals surface area (Å²) in [6.07, 6.45) is 1.87. The highest BCUT2D eigenvalue weighted by molar-refractivity contribution is 5.73. The van der Waals surface area contributed by atoms with Gasteiger partial charge in [0.05, 0.1) is 13.5 Å². The number of hydrogen-bond donors (Lipinski definition) is 2. The van der Waals surface area contributed by atoms with E-state index in [0.29, 0.717) is 12.1 Å². The van der Waals surface area contributed by atoms with Gasteiger partial charge in [0.25, 0.3) is 0 Å². The fraction of sp³-hybridized carbons (Fsp3) is 0.167. The summed E-state index contributed by atoms with van der Waals surface area (Å²) in [5, 5.41) is 9.19. The van der Waals surface area contributed by atoms with Crippen molar-refractivity contribution in [2.45, 2.75) is 12.8 Å². The van der Waals surface area contributed by atoms with Crippen molar-refractivity contribution < 1.29 is 19.4 Å². The van der Waals surface area contributed by atoms with Crippen molar-refractivity contribution in [1.82, 2.24) is 0 Å². The van der Waals surface area contributed by atoms with Crippen LogP contribution < -0.4 is 10.5 Å². The zero-order valence-corrected chi connectivity index (χ0v) is 12.9. The summed E-state index contributed by atoms with van der Waals surface area (Å²) in [6.45, 7) is 0. The van der Waals surface area contributed by atoms with Crippen molar-refractivity contribution in [1.29, 1.82) is 0 Å². The SMILES string of the molecule is COc1ccc(C/C(N)=C/OC(=O)Cc2ccc(O)cc2)cc1. The van der Waals surface area contributed by atoms with Crippen molar-refractivity contribution >= 4 is 5.97 Å². The lowest BCUT2D eigenvalue weighted by atomic mass is 10.1. The number of benzene rings is 2. The summed E-state index contributed by atoms with van der Waals surface area (Å²) in [6, 6.07) is 13.9. The smallest absolute Gasteiger partial charge is 0.315 e. The van der Waals surface area contributed by atoms with Crippen molar-refractivity contribution in [3.8, 4) is 11.5 Å². The van der Waals surface area contributed by atoms with Crippen LogP contribution in [0.15, 0.2) is 60.5 Å². The van der Waals surface area contributed by atoms with Crippen molar-refractivity contribution in [2.75, 3.05) is 7.11 Å². The van der Waals surface area contributed by atoms with Gasteiger partial charge in [-0.15, -0.1) is 0 Å². The van der Waals surface area contributed by atoms with Crippen LogP contribution in [0, 0.1) is 0 Å². The summed E-state index contributed by atoms with van der Waals surface area (Å²) < 4.78 is 10.1. The van der Waals surface area contributed by atoms with Crippen LogP contribution in [0.2, 0.25) is 0 Å². The molecule has 0 fully saturated rings. The molecule has 0 saturated heterocycles. The van der Waals surface area contributed by atoms with Gasteiger partial charge in [0, 0.05) is 12.1 Å². The van der Waals surface area contributed by atoms with Crippen molar-refractivity contribution in [2.24, 2.45) is 5.73 Å². The minimum Gasteiger partial charge on any atom is -0.508 e. The predicted molar refractivity (Wildman–Crippen MR) is 86.9 cm³/mol. The van der Waals surface area contributed by atoms with Crippen LogP contribution in [-0.2, 0) is 22.4 Å². The van der Waals surface area contributed by atoms with Gasteiger partial charge in [-0.3, -0.25) is 4.79 Å². The van der Waals surface area contributed by atoms with Gasteiger partial charge < -0.3 is 20.3 Å². The highest BCUT2D eigenvalue weighted by Crippen LogP contribution is 2.13. The van der Waals surface area contributed by atoms with Gasteiger partial charge >= 0.3 is 5.97 Å². The molecule has 2 aromatic rings. The maximum atomic E-state index is 11.7. The molecule has 0 aliphatic rings. The first kappa shape index (κ1) is 16.4. The molecule has 0 aliphatic heterocycles. The van der Waals surface area contributed by atoms with Gasteiger partial charge in [-0.25, -0.2) is 0 Å². The van der Waals surface area contributed by atoms with Gasteiger partial charge in [0.2, 0.25) is 0 Å². The molecule has 2 rings (SSSR count). The third kappa shape index (κ3) is 5.39. The van der Waals surface area contributed by atoms with E-state index in [-0.39, 0.29) is 12.2 Å². The molecule has 0 aliphatic carbocycles. The average Bonchev–Trinajstić information content (AvgIpc) is 2.56. The minimum atomic E-state index is -0.409. The first-order valence-corrected chi connectivity index (χ1v) is 7.11. The number of hydrogen-bond acceptors (Lipinski definition) is 5. The first-order chi connectivity index (χ1) is 11.1. The standard InChI is InChI=1S/C18H19NO4/c1-22-17-8-4-13(5-9-17)10-15(19)12-23-18(21)11-14-2-6-16(20)7-3-14/h2-9,12,20H,10-11,19H2,1H3/b15-12-. The van der Waals surface area contributed by atoms with E-state index in [4.69, 9.17) is 15.2 Å². The number of phenolic OH excluding ortho intramolecular Hbond substituents is 1. The molecule has 0 unspecified atom stereocenters. The Morgan fingerprint density at radius 3 is 2.22 bits per heavy atom. The molecule has 0 amide bonds. The highest BCUT2D eigenvalue weighted by atomic mass is 16.5. The van der Waals surface area contributed by atoms with Crippen LogP contribution in [0.1, 0.15) is 11.1 Å². The Labute approximate surface area is 135 Å². The van der Waals surface area contributed by atoms with Crippen LogP contribution in [0.5, 0.6) is 11.5 Å². The van der Waals surface area contributed by atoms with Gasteiger partial charge in [-0.1, -0.05) is 24.3 Å². The van der Waals surface area contributed by atoms with E-state index in [9.17, 15) is 9.90 Å². The highest BCUT2D eigenvalue weighted by Gasteiger charge is 2.05. The molecule has 2 aromatic carbocycles. The molecule has 0 heterocycles. The number of aromatic hydroxyl groups is 1. The number of carbonyl (C=O) groups excluding carboxylic acids is 1. The molecular weight excluding hydrogens is 294 g/mol. The third-order valence-corrected chi connectivity index (χ3v) is 3.19. The summed E-state index contributed by atoms with van der Waals surface area (Å²) >= 11 is 0. The number of ether oxygens (including phenoxy) is 2. The molecule has 5 nitrogen and oxygen atoms in total. The minimum absolute atomic E-state index is 0.118. The average molecular weight is 313 g/mol. The Balaban J connectivity index is 1.85. The zero-order chi connectivity index (χ0) is 16.7. The molecule has 5 heteroatoms. The Hall–Kier alpha value is -2.95. The Bertz CT molecular complexity index is 675. The maximum Gasteiger partial charge on any atom is 0.315 e. The number of carbonyl (C=O) groups is 1. The number of nitrogens with two attached hydrogens (primary N) is 1. The van der Waals surface area contributed by atoms with Crippen LogP contribution in [0.3, 0.4) is 0 Å². The Morgan fingerprint density at radius 2 is 1.61 bits per heavy atom. The van der Waals surface area contributed by atoms with Crippen molar-refractivity contribution in [3.63, 3.8) is 0 Å². The summed E-state index contributed by atoms with van der Waals surface area (Å²) in [5.41, 5.74) is 8.06. The van der Waals surface area contributed by atoms with Gasteiger partial charge in [-0.05, 0) is 35.4 Å². The molecule has 0 saturated carbocycles. The van der Waals surface area contributed by atoms with E-state index in [0.717, 1.165) is 16.9 Å². The van der Waals surface area contributed by atoms with Crippen LogP contribution in [0.25, 0.3) is 0 Å². The molecule has 0 bridgehead atoms. The second-order valence-electron chi connectivity index (χ2n) is 5.05. The number of phenols is 1. The Morgan fingerprint density at radius 1 is 1.04 bits per heavy atom. The van der Waals surface area contributed by atoms with E-state index in [1.165, 1.54) is 18.4 Å². The van der Waals surface area contributed by atoms with Gasteiger partial charge in [0.15, 0.2) is 0 Å². The lowest BCUT2D eigenvalue weighted by Crippen LogP contribution is -2.08. The lowest BCUT2D eigenvalue weighted by Gasteiger charge is -2.05. The zero-order valence-electron chi connectivity index (χ0n) is 12.9. The molecular formula is C18H19NO4. The van der Waals surface area contributed by atoms with E-state index in [1.807, 2.05) is 24.3 Å². The largest absolute Gasteiger partial charge is 0.508 e. The molecule has 23 heavy (non-hydrogen) atoms. The van der Waals surface area contributed by atoms with Crippen LogP contribution in [-0.4, -0.2) is 18.2 Å². The summed E-state index contributed by atoms with van der Waals surface area (Å²) in [4.78, 5) is 11.7. The third-order valence-electron chi connectivity index (χ3n) is 3.19. The molecule has 0 radical (unpaired) electrons. The second kappa shape index (κ2) is 7.89. The Kier molecular flexibility index (Phi) is 5.63. The summed E-state index contributed by atoms with van der Waals surface area (Å²) in [7, 11) is 1.61. The van der Waals surface area contributed by atoms with E-state index in [2.05, 4.69) is 0 Å². The maximum absolute atomic E-state index is 11.7. The molecule has 120 valence electrons. The quantitative estimate of drug-likeness (QED) is 0.632. The van der Waals surface area contributed by atoms with E-state index < -0.39 is 5.97 Å². The second-order valence-corrected chi connectivity index (χ2v) is 5.05. The number of allylic oxidation sites excluding steroid dienone is 1. The number of methoxy groups -OCH3 is 1. The number of esters is 1. The molecule has 0 aromatic heterocycles. The monoisotopic (exact) mass is 313 g/mol. The van der Waals surface area contributed by atoms with Crippen molar-refractivity contribution in [3.05, 3.63) is 71.6 Å². The fourth-order valence-electron chi connectivity index (χ4n) is 1.98. The van der Waals surface area contributed by atoms with Crippen LogP contribution >= 0.6 is 0 Å². The fourth-order valence-corrected chi connectivity index (χ4v) is 1.98. The molecule has 0 atom stereocenters. The first-order valence-electron chi connectivity index (χ1n) is 7.11. The lowest BCUT2D eigenvalue weighted by molar-refractivity contribution is -0.137. The van der Waals surface area contributed by atoms with E-state index >= 15 is 0 Å². The van der Waals surface area contributed by atoms with E-state index in [1.54, 1.807) is 19.2 Å². The molecule has 0 spiro atoms. The topological polar surface area (TPSA) is 81.8 Å². The predicted octanol–water partition coefficient (Wildman–Crippen LogP) is 2.53. The van der Waals surface area contributed by atoms with Crippen LogP contribution in [0.4, 0.5) is 0 Å².